The van der Waals surface area contributed by atoms with E-state index in [2.05, 4.69) is 10.1 Å². The van der Waals surface area contributed by atoms with Crippen LogP contribution in [0.2, 0.25) is 0 Å². The average molecular weight is 215 g/mol. The fourth-order valence-corrected chi connectivity index (χ4v) is 1.77. The van der Waals surface area contributed by atoms with Crippen LogP contribution in [0.15, 0.2) is 0 Å². The molecule has 15 heavy (non-hydrogen) atoms. The molecule has 1 N–H and O–H groups in total. The normalized spacial score (nSPS) is 25.7. The van der Waals surface area contributed by atoms with Crippen LogP contribution in [0.25, 0.3) is 0 Å². The molecule has 1 saturated heterocycles. The van der Waals surface area contributed by atoms with Gasteiger partial charge in [-0.2, -0.15) is 0 Å². The second-order valence-electron chi connectivity index (χ2n) is 3.46. The average Bonchev–Trinajstić information content (AvgIpc) is 2.28. The van der Waals surface area contributed by atoms with Crippen LogP contribution in [0, 0.1) is 5.92 Å². The van der Waals surface area contributed by atoms with Crippen LogP contribution in [0.5, 0.6) is 0 Å². The maximum absolute atomic E-state index is 11.5. The van der Waals surface area contributed by atoms with E-state index in [0.29, 0.717) is 13.0 Å². The van der Waals surface area contributed by atoms with Gasteiger partial charge in [0, 0.05) is 0 Å². The molecule has 0 bridgehead atoms. The Morgan fingerprint density at radius 1 is 1.40 bits per heavy atom. The Balaban J connectivity index is 2.65. The number of carbonyl (C=O) groups excluding carboxylic acids is 2. The summed E-state index contributed by atoms with van der Waals surface area (Å²) >= 11 is 0. The summed E-state index contributed by atoms with van der Waals surface area (Å²) in [6.07, 6.45) is 1.54. The molecule has 1 fully saturated rings. The van der Waals surface area contributed by atoms with Crippen LogP contribution in [-0.2, 0) is 19.1 Å². The van der Waals surface area contributed by atoms with Crippen molar-refractivity contribution < 1.29 is 19.1 Å². The van der Waals surface area contributed by atoms with Crippen molar-refractivity contribution in [3.05, 3.63) is 0 Å². The highest BCUT2D eigenvalue weighted by Crippen LogP contribution is 2.19. The van der Waals surface area contributed by atoms with Gasteiger partial charge in [-0.05, 0) is 26.3 Å². The minimum absolute atomic E-state index is 0.324. The molecule has 0 aliphatic carbocycles. The van der Waals surface area contributed by atoms with Crippen molar-refractivity contribution in [1.82, 2.24) is 5.32 Å². The van der Waals surface area contributed by atoms with Gasteiger partial charge in [-0.1, -0.05) is 0 Å². The number of hydrogen-bond donors (Lipinski definition) is 1. The van der Waals surface area contributed by atoms with Gasteiger partial charge in [-0.15, -0.1) is 0 Å². The lowest BCUT2D eigenvalue weighted by Gasteiger charge is -2.28. The number of piperidine rings is 1. The maximum atomic E-state index is 11.5. The van der Waals surface area contributed by atoms with Gasteiger partial charge in [0.25, 0.3) is 0 Å². The number of esters is 2. The van der Waals surface area contributed by atoms with Crippen LogP contribution >= 0.6 is 0 Å². The van der Waals surface area contributed by atoms with Crippen molar-refractivity contribution in [3.8, 4) is 0 Å². The van der Waals surface area contributed by atoms with Gasteiger partial charge in [-0.3, -0.25) is 9.59 Å². The van der Waals surface area contributed by atoms with E-state index in [0.717, 1.165) is 13.0 Å². The monoisotopic (exact) mass is 215 g/mol. The molecule has 2 unspecified atom stereocenters. The first-order chi connectivity index (χ1) is 7.20. The van der Waals surface area contributed by atoms with E-state index in [1.807, 2.05) is 0 Å². The first-order valence-corrected chi connectivity index (χ1v) is 5.18. The molecule has 5 heteroatoms. The van der Waals surface area contributed by atoms with Crippen molar-refractivity contribution >= 4 is 11.9 Å². The van der Waals surface area contributed by atoms with E-state index in [1.165, 1.54) is 7.11 Å². The van der Waals surface area contributed by atoms with Crippen molar-refractivity contribution in [1.29, 1.82) is 0 Å². The predicted octanol–water partition coefficient (Wildman–Crippen LogP) is 0.0907. The SMILES string of the molecule is CCOC(=O)C1NCCCC1C(=O)OC. The molecule has 1 heterocycles. The van der Waals surface area contributed by atoms with Crippen molar-refractivity contribution in [3.63, 3.8) is 0 Å². The van der Waals surface area contributed by atoms with Gasteiger partial charge in [0.05, 0.1) is 19.6 Å². The Morgan fingerprint density at radius 2 is 2.13 bits per heavy atom. The fourth-order valence-electron chi connectivity index (χ4n) is 1.77. The molecule has 0 spiro atoms. The number of carbonyl (C=O) groups is 2. The van der Waals surface area contributed by atoms with E-state index in [4.69, 9.17) is 4.74 Å². The Labute approximate surface area is 89.1 Å². The number of rotatable bonds is 3. The van der Waals surface area contributed by atoms with Gasteiger partial charge in [0.2, 0.25) is 0 Å². The zero-order valence-electron chi connectivity index (χ0n) is 9.12. The first-order valence-electron chi connectivity index (χ1n) is 5.18. The quantitative estimate of drug-likeness (QED) is 0.676. The predicted molar refractivity (Wildman–Crippen MR) is 53.2 cm³/mol. The van der Waals surface area contributed by atoms with Gasteiger partial charge >= 0.3 is 11.9 Å². The van der Waals surface area contributed by atoms with Gasteiger partial charge in [0.15, 0.2) is 0 Å². The summed E-state index contributed by atoms with van der Waals surface area (Å²) in [5.74, 6) is -1.13. The lowest BCUT2D eigenvalue weighted by Crippen LogP contribution is -2.50. The Morgan fingerprint density at radius 3 is 2.73 bits per heavy atom. The van der Waals surface area contributed by atoms with Crippen LogP contribution in [0.3, 0.4) is 0 Å². The summed E-state index contributed by atoms with van der Waals surface area (Å²) in [5.41, 5.74) is 0. The summed E-state index contributed by atoms with van der Waals surface area (Å²) in [5, 5.41) is 2.99. The summed E-state index contributed by atoms with van der Waals surface area (Å²) in [6, 6.07) is -0.550. The highest BCUT2D eigenvalue weighted by molar-refractivity contribution is 5.84. The molecule has 0 aromatic carbocycles. The Kier molecular flexibility index (Phi) is 4.55. The van der Waals surface area contributed by atoms with Crippen LogP contribution in [-0.4, -0.2) is 38.2 Å². The van der Waals surface area contributed by atoms with Gasteiger partial charge < -0.3 is 14.8 Å². The number of ether oxygens (including phenoxy) is 2. The van der Waals surface area contributed by atoms with Crippen molar-refractivity contribution in [2.75, 3.05) is 20.3 Å². The first kappa shape index (κ1) is 12.0. The minimum atomic E-state index is -0.550. The molecular weight excluding hydrogens is 198 g/mol. The lowest BCUT2D eigenvalue weighted by atomic mass is 9.91. The van der Waals surface area contributed by atoms with E-state index in [-0.39, 0.29) is 11.9 Å². The van der Waals surface area contributed by atoms with Crippen molar-refractivity contribution in [2.45, 2.75) is 25.8 Å². The maximum Gasteiger partial charge on any atom is 0.324 e. The molecule has 0 aromatic heterocycles. The van der Waals surface area contributed by atoms with Crippen LogP contribution in [0.4, 0.5) is 0 Å². The fraction of sp³-hybridized carbons (Fsp3) is 0.800. The summed E-state index contributed by atoms with van der Waals surface area (Å²) in [4.78, 5) is 23.0. The Bertz CT molecular complexity index is 242. The minimum Gasteiger partial charge on any atom is -0.469 e. The molecule has 1 aliphatic heterocycles. The van der Waals surface area contributed by atoms with E-state index in [1.54, 1.807) is 6.92 Å². The molecule has 0 radical (unpaired) electrons. The van der Waals surface area contributed by atoms with E-state index >= 15 is 0 Å². The third kappa shape index (κ3) is 2.92. The largest absolute Gasteiger partial charge is 0.469 e. The standard InChI is InChI=1S/C10H17NO4/c1-3-15-10(13)8-7(9(12)14-2)5-4-6-11-8/h7-8,11H,3-6H2,1-2H3. The molecule has 2 atom stereocenters. The van der Waals surface area contributed by atoms with E-state index < -0.39 is 12.0 Å². The van der Waals surface area contributed by atoms with Gasteiger partial charge in [-0.25, -0.2) is 0 Å². The highest BCUT2D eigenvalue weighted by Gasteiger charge is 2.37. The third-order valence-corrected chi connectivity index (χ3v) is 2.50. The Hall–Kier alpha value is -1.10. The molecule has 0 aromatic rings. The third-order valence-electron chi connectivity index (χ3n) is 2.50. The molecule has 0 amide bonds. The second-order valence-corrected chi connectivity index (χ2v) is 3.46. The van der Waals surface area contributed by atoms with E-state index in [9.17, 15) is 9.59 Å². The lowest BCUT2D eigenvalue weighted by molar-refractivity contribution is -0.157. The van der Waals surface area contributed by atoms with Crippen LogP contribution in [0.1, 0.15) is 19.8 Å². The molecule has 86 valence electrons. The zero-order valence-corrected chi connectivity index (χ0v) is 9.12. The second kappa shape index (κ2) is 5.70. The summed E-state index contributed by atoms with van der Waals surface area (Å²) in [6.45, 7) is 2.80. The van der Waals surface area contributed by atoms with Gasteiger partial charge in [0.1, 0.15) is 6.04 Å². The summed E-state index contributed by atoms with van der Waals surface area (Å²) < 4.78 is 9.56. The molecule has 0 saturated carbocycles. The van der Waals surface area contributed by atoms with Crippen LogP contribution < -0.4 is 5.32 Å². The highest BCUT2D eigenvalue weighted by atomic mass is 16.5. The van der Waals surface area contributed by atoms with Crippen molar-refractivity contribution in [2.24, 2.45) is 5.92 Å². The zero-order chi connectivity index (χ0) is 11.3. The molecule has 1 aliphatic rings. The molecule has 5 nitrogen and oxygen atoms in total. The number of hydrogen-bond acceptors (Lipinski definition) is 5. The molecular formula is C10H17NO4. The summed E-state index contributed by atoms with van der Waals surface area (Å²) in [7, 11) is 1.33. The molecule has 1 rings (SSSR count). The smallest absolute Gasteiger partial charge is 0.324 e. The number of methoxy groups -OCH3 is 1. The topological polar surface area (TPSA) is 64.6 Å². The number of nitrogens with one attached hydrogen (secondary N) is 1.